The van der Waals surface area contributed by atoms with E-state index in [1.54, 1.807) is 42.8 Å². The summed E-state index contributed by atoms with van der Waals surface area (Å²) in [7, 11) is 0. The summed E-state index contributed by atoms with van der Waals surface area (Å²) < 4.78 is 10.9. The molecule has 3 saturated heterocycles. The van der Waals surface area contributed by atoms with Crippen LogP contribution in [0.2, 0.25) is 0 Å². The molecule has 143 heavy (non-hydrogen) atoms. The highest BCUT2D eigenvalue weighted by molar-refractivity contribution is 6.01. The number of aliphatic carboxylic acids is 4. The van der Waals surface area contributed by atoms with E-state index in [9.17, 15) is 92.0 Å². The van der Waals surface area contributed by atoms with Gasteiger partial charge in [0.05, 0.1) is 45.9 Å². The van der Waals surface area contributed by atoms with Gasteiger partial charge in [0, 0.05) is 114 Å². The SMILES string of the molecule is CC(=O)N[C@H]1CCC(=O)NCCC[C@@H](C(=O)N2CCC[C@H]2C(=O)N2CCC[C@H]2C(=O)N[C@@H](CC(=O)O)C(=O)N[C@@H](CCCCN(CC(=O)O)CC(=O)O)C(=O)N[C@@H](CCCCNC(=O)COCCOCCNC(=O)CCCCCCCCCCCCCCC(=O)O)C(N)=O)NC(=O)[C@H](Cc2c[nH]c3ccccc23)NC(=O)[C@H](CCCNC(=N)N)NC(=O)CNC(=O)[C@H](CC2=CCC=N2)NC1=O.Cc1ccccc1. The average Bonchev–Trinajstić information content (AvgIpc) is 1.66. The van der Waals surface area contributed by atoms with Gasteiger partial charge in [0.2, 0.25) is 88.6 Å². The van der Waals surface area contributed by atoms with Crippen LogP contribution in [0, 0.1) is 12.3 Å². The van der Waals surface area contributed by atoms with Gasteiger partial charge >= 0.3 is 23.9 Å². The number of aromatic amines is 1. The number of ether oxygens (including phenoxy) is 2. The molecule has 0 aliphatic carbocycles. The van der Waals surface area contributed by atoms with Crippen LogP contribution in [0.4, 0.5) is 0 Å². The Morgan fingerprint density at radius 2 is 1.14 bits per heavy atom. The van der Waals surface area contributed by atoms with Gasteiger partial charge in [-0.2, -0.15) is 0 Å². The minimum Gasteiger partial charge on any atom is -0.481 e. The van der Waals surface area contributed by atoms with Crippen LogP contribution in [0.25, 0.3) is 10.9 Å². The van der Waals surface area contributed by atoms with Crippen molar-refractivity contribution >= 4 is 136 Å². The quantitative estimate of drug-likeness (QED) is 0.0213. The maximum atomic E-state index is 15.5. The first-order valence-corrected chi connectivity index (χ1v) is 49.5. The van der Waals surface area contributed by atoms with Crippen molar-refractivity contribution in [2.24, 2.45) is 16.5 Å². The first-order chi connectivity index (χ1) is 68.5. The molecule has 5 heterocycles. The van der Waals surface area contributed by atoms with Crippen molar-refractivity contribution in [1.29, 1.82) is 5.41 Å². The maximum Gasteiger partial charge on any atom is 0.317 e. The van der Waals surface area contributed by atoms with Gasteiger partial charge in [0.1, 0.15) is 67.0 Å². The number of benzene rings is 2. The normalized spacial score (nSPS) is 18.8. The summed E-state index contributed by atoms with van der Waals surface area (Å²) in [6, 6.07) is 2.30. The summed E-state index contributed by atoms with van der Waals surface area (Å²) in [6.07, 6.45) is 16.4. The highest BCUT2D eigenvalue weighted by Crippen LogP contribution is 2.28. The number of hydrogen-bond acceptors (Lipinski definition) is 24. The third kappa shape index (κ3) is 47.3. The van der Waals surface area contributed by atoms with E-state index in [1.165, 1.54) is 28.2 Å². The number of nitrogens with zero attached hydrogens (tertiary/aromatic N) is 4. The van der Waals surface area contributed by atoms with Crippen molar-refractivity contribution in [3.8, 4) is 0 Å². The summed E-state index contributed by atoms with van der Waals surface area (Å²) in [4.78, 5) is 268. The summed E-state index contributed by atoms with van der Waals surface area (Å²) >= 11 is 0. The molecule has 10 atom stereocenters. The number of hydrogen-bond donors (Lipinski definition) is 21. The molecule has 0 spiro atoms. The third-order valence-electron chi connectivity index (χ3n) is 24.3. The number of allylic oxidation sites excluding steroid dienone is 1. The van der Waals surface area contributed by atoms with Crippen LogP contribution < -0.4 is 80.6 Å². The first-order valence-electron chi connectivity index (χ1n) is 49.5. The number of amides is 15. The predicted octanol–water partition coefficient (Wildman–Crippen LogP) is 0.987. The first kappa shape index (κ1) is 118. The van der Waals surface area contributed by atoms with Crippen LogP contribution >= 0.6 is 0 Å². The van der Waals surface area contributed by atoms with Gasteiger partial charge in [-0.05, 0) is 134 Å². The number of carboxylic acids is 4. The monoisotopic (exact) mass is 2010 g/mol. The predicted molar refractivity (Wildman–Crippen MR) is 524 cm³/mol. The van der Waals surface area contributed by atoms with Crippen LogP contribution in [0.15, 0.2) is 77.6 Å². The second kappa shape index (κ2) is 66.3. The number of nitrogens with one attached hydrogen (secondary N) is 15. The van der Waals surface area contributed by atoms with Gasteiger partial charge in [-0.15, -0.1) is 0 Å². The minimum atomic E-state index is -1.97. The van der Waals surface area contributed by atoms with Crippen LogP contribution in [-0.2, 0) is 107 Å². The zero-order valence-electron chi connectivity index (χ0n) is 81.9. The summed E-state index contributed by atoms with van der Waals surface area (Å²) in [6.45, 7) is 1.26. The number of primary amides is 1. The van der Waals surface area contributed by atoms with Crippen molar-refractivity contribution in [3.05, 3.63) is 83.7 Å². The number of unbranched alkanes of at least 4 members (excludes halogenated alkanes) is 13. The van der Waals surface area contributed by atoms with E-state index in [0.29, 0.717) is 41.5 Å². The van der Waals surface area contributed by atoms with Gasteiger partial charge in [-0.25, -0.2) is 0 Å². The summed E-state index contributed by atoms with van der Waals surface area (Å²) in [5.74, 6) is -17.5. The van der Waals surface area contributed by atoms with E-state index in [1.807, 2.05) is 18.2 Å². The number of aromatic nitrogens is 1. The van der Waals surface area contributed by atoms with Crippen molar-refractivity contribution < 1.29 is 121 Å². The molecule has 0 bridgehead atoms. The largest absolute Gasteiger partial charge is 0.481 e. The number of H-pyrrole nitrogens is 1. The lowest BCUT2D eigenvalue weighted by molar-refractivity contribution is -0.148. The molecule has 3 aromatic rings. The second-order valence-corrected chi connectivity index (χ2v) is 36.0. The number of guanidine groups is 1. The number of rotatable bonds is 57. The van der Waals surface area contributed by atoms with Crippen molar-refractivity contribution in [2.45, 2.75) is 293 Å². The van der Waals surface area contributed by atoms with E-state index in [-0.39, 0.29) is 194 Å². The maximum absolute atomic E-state index is 15.5. The average molecular weight is 2010 g/mol. The number of aliphatic imine (C=N–C) groups is 1. The summed E-state index contributed by atoms with van der Waals surface area (Å²) in [5.41, 5.74) is 14.3. The summed E-state index contributed by atoms with van der Waals surface area (Å²) in [5, 5.41) is 80.3. The molecule has 4 aliphatic rings. The smallest absolute Gasteiger partial charge is 0.317 e. The van der Waals surface area contributed by atoms with Gasteiger partial charge in [-0.3, -0.25) is 106 Å². The van der Waals surface area contributed by atoms with Gasteiger partial charge in [0.15, 0.2) is 5.96 Å². The van der Waals surface area contributed by atoms with Crippen molar-refractivity contribution in [3.63, 3.8) is 0 Å². The Morgan fingerprint density at radius 1 is 0.545 bits per heavy atom. The molecule has 4 aliphatic heterocycles. The van der Waals surface area contributed by atoms with E-state index >= 15 is 14.4 Å². The highest BCUT2D eigenvalue weighted by atomic mass is 16.5. The molecule has 0 saturated carbocycles. The fourth-order valence-electron chi connectivity index (χ4n) is 16.9. The number of aryl methyl sites for hydroxylation is 1. The van der Waals surface area contributed by atoms with Gasteiger partial charge < -0.3 is 125 Å². The van der Waals surface area contributed by atoms with Gasteiger partial charge in [-0.1, -0.05) is 124 Å². The molecule has 7 rings (SSSR count). The molecule has 46 heteroatoms. The molecule has 0 unspecified atom stereocenters. The highest BCUT2D eigenvalue weighted by Gasteiger charge is 2.46. The number of fused-ring (bicyclic) bond motifs is 1. The number of nitrogens with two attached hydrogens (primary N) is 2. The Balaban J connectivity index is 0.00000427. The van der Waals surface area contributed by atoms with Crippen molar-refractivity contribution in [1.82, 2.24) is 88.8 Å². The fourth-order valence-corrected chi connectivity index (χ4v) is 16.9. The number of carbonyl (C=O) groups is 19. The molecule has 23 N–H and O–H groups in total. The number of likely N-dealkylation sites (tertiary alicyclic amines) is 2. The molecule has 46 nitrogen and oxygen atoms in total. The molecule has 1 aromatic heterocycles. The molecule has 2 aromatic carbocycles. The molecule has 3 fully saturated rings. The molecule has 790 valence electrons. The zero-order chi connectivity index (χ0) is 104. The third-order valence-corrected chi connectivity index (χ3v) is 24.3. The number of para-hydroxylation sites is 1. The van der Waals surface area contributed by atoms with E-state index in [2.05, 4.69) is 98.2 Å². The Morgan fingerprint density at radius 3 is 1.78 bits per heavy atom. The van der Waals surface area contributed by atoms with Crippen LogP contribution in [0.3, 0.4) is 0 Å². The lowest BCUT2D eigenvalue weighted by atomic mass is 10.0. The molecule has 0 radical (unpaired) electrons. The topological polar surface area (TPSA) is 694 Å². The lowest BCUT2D eigenvalue weighted by Gasteiger charge is -2.33. The lowest BCUT2D eigenvalue weighted by Crippen LogP contribution is -2.60. The molecular weight excluding hydrogens is 1860 g/mol. The Labute approximate surface area is 831 Å². The standard InChI is InChI=1S/C90H139N21O25.C7H8/c1-57(112)101-65-36-37-73(114)95-40-22-31-66(105-85(130)67(49-58-52-99-61-27-15-14-26-60(58)61)106-82(127)63(30-21-41-98-90(92)93)102-74(115)53-100-81(126)68(107-84(65)129)50-59-25-20-39-94-59)88(133)111-45-24-33-71(111)89(134)110-44-23-32-70(110)87(132)108-69(51-77(119)120)86(131)104-64(29-17-19-43-109(54-78(121)122)55-79(123)124)83(128)103-62(80(91)125)28-16-18-38-96-75(116)56-136-48-47-135-46-42-97-72(113)34-12-10-8-6-4-2-3-5-7-9-11-13-35-76(117)118;1-7-5-3-2-4-6-7/h14-15,25-27,39,52,62-71,99H,2-13,16-24,28-38,40-51,53-56H2,1H3,(H2,91,125)(H,95,114)(H,96,116)(H,97,113)(H,100,126)(H,101,112)(H,102,115)(H,103,128)(H,104,131)(H,105,130)(H,106,127)(H,107,129)(H,108,132)(H,117,118)(H,119,120)(H,121,122)(H,123,124)(H4,92,93,98);2-6H,1H3/t62-,63-,64-,65-,66-,67-,68-,69-,70-,71-;/m0./s1. The minimum absolute atomic E-state index is 0.0161. The van der Waals surface area contributed by atoms with E-state index in [4.69, 9.17) is 31.5 Å². The van der Waals surface area contributed by atoms with Crippen LogP contribution in [0.5, 0.6) is 0 Å². The second-order valence-electron chi connectivity index (χ2n) is 36.0. The van der Waals surface area contributed by atoms with E-state index < -0.39 is 199 Å². The fraction of sp³-hybridized carbons (Fsp3) is 0.619. The van der Waals surface area contributed by atoms with E-state index in [0.717, 1.165) is 76.0 Å². The number of carboxylic acid groups (broad SMARTS) is 4. The van der Waals surface area contributed by atoms with Crippen molar-refractivity contribution in [2.75, 3.05) is 91.9 Å². The van der Waals surface area contributed by atoms with Crippen LogP contribution in [-0.4, -0.2) is 317 Å². The molecular formula is C97H147N21O25. The molecule has 15 amide bonds. The zero-order valence-corrected chi connectivity index (χ0v) is 81.9. The Hall–Kier alpha value is -13.5. The van der Waals surface area contributed by atoms with Gasteiger partial charge in [0.25, 0.3) is 0 Å². The number of carbonyl (C=O) groups excluding carboxylic acids is 15. The van der Waals surface area contributed by atoms with Crippen LogP contribution in [0.1, 0.15) is 230 Å². The Bertz CT molecular complexity index is 4750. The Kier molecular flexibility index (Phi) is 54.8.